The molecule has 8 unspecified atom stereocenters. The molecule has 0 aromatic rings. The number of Topliss-reactive ketones (excluding diaryl/α,β-unsaturated/α-hetero) is 1. The molecule has 1 heterocycles. The summed E-state index contributed by atoms with van der Waals surface area (Å²) in [5.41, 5.74) is 0.644. The zero-order chi connectivity index (χ0) is 23.8. The van der Waals surface area contributed by atoms with Crippen LogP contribution in [0.5, 0.6) is 0 Å². The highest BCUT2D eigenvalue weighted by molar-refractivity contribution is 5.98. The summed E-state index contributed by atoms with van der Waals surface area (Å²) < 4.78 is 6.67. The molecule has 0 spiro atoms. The Morgan fingerprint density at radius 1 is 0.848 bits per heavy atom. The van der Waals surface area contributed by atoms with Crippen LogP contribution in [0.1, 0.15) is 99.8 Å². The van der Waals surface area contributed by atoms with Crippen molar-refractivity contribution < 1.29 is 14.6 Å². The summed E-state index contributed by atoms with van der Waals surface area (Å²) in [6, 6.07) is 0. The molecule has 6 rings (SSSR count). The summed E-state index contributed by atoms with van der Waals surface area (Å²) in [5, 5.41) is 10.8. The standard InChI is InChI=1S/C30H46O3/c1-25(2)12-14-30-15-13-28(6)18(22(30)24(25)33-17-30)8-9-21-27(5)16-19(31)23(32)26(3,4)20(27)10-11-29(21,28)7/h16,18,20-22,24,31H,8-15,17H2,1-7H3/t18?,20?,21?,22?,24?,27?,28-,29?,30?/m0/s1. The van der Waals surface area contributed by atoms with E-state index in [0.717, 1.165) is 18.9 Å². The predicted molar refractivity (Wildman–Crippen MR) is 131 cm³/mol. The number of hydrogen-bond acceptors (Lipinski definition) is 3. The third-order valence-electron chi connectivity index (χ3n) is 13.4. The number of carbonyl (C=O) groups is 1. The van der Waals surface area contributed by atoms with Crippen molar-refractivity contribution in [3.8, 4) is 0 Å². The van der Waals surface area contributed by atoms with Gasteiger partial charge in [0.15, 0.2) is 5.76 Å². The summed E-state index contributed by atoms with van der Waals surface area (Å²) >= 11 is 0. The second-order valence-electron chi connectivity index (χ2n) is 15.2. The van der Waals surface area contributed by atoms with Crippen LogP contribution < -0.4 is 0 Å². The van der Waals surface area contributed by atoms with Crippen molar-refractivity contribution in [1.29, 1.82) is 0 Å². The quantitative estimate of drug-likeness (QED) is 0.424. The van der Waals surface area contributed by atoms with Crippen molar-refractivity contribution in [3.05, 3.63) is 11.8 Å². The molecule has 3 nitrogen and oxygen atoms in total. The van der Waals surface area contributed by atoms with Crippen LogP contribution in [0.25, 0.3) is 0 Å². The van der Waals surface area contributed by atoms with E-state index in [1.165, 1.54) is 44.9 Å². The van der Waals surface area contributed by atoms with Crippen LogP contribution in [0.15, 0.2) is 11.8 Å². The lowest BCUT2D eigenvalue weighted by atomic mass is 9.32. The molecule has 0 aromatic heterocycles. The van der Waals surface area contributed by atoms with E-state index in [-0.39, 0.29) is 27.8 Å². The second-order valence-corrected chi connectivity index (χ2v) is 15.2. The fraction of sp³-hybridized carbons (Fsp3) is 0.900. The van der Waals surface area contributed by atoms with Crippen molar-refractivity contribution >= 4 is 5.78 Å². The number of aliphatic hydroxyl groups is 1. The highest BCUT2D eigenvalue weighted by Gasteiger charge is 2.72. The van der Waals surface area contributed by atoms with Crippen LogP contribution in [0, 0.1) is 56.2 Å². The minimum absolute atomic E-state index is 0.0262. The van der Waals surface area contributed by atoms with Gasteiger partial charge in [0.05, 0.1) is 12.7 Å². The molecule has 184 valence electrons. The zero-order valence-corrected chi connectivity index (χ0v) is 22.1. The molecule has 1 aliphatic heterocycles. The summed E-state index contributed by atoms with van der Waals surface area (Å²) in [4.78, 5) is 12.9. The Hall–Kier alpha value is -0.830. The molecule has 0 aromatic carbocycles. The number of fused-ring (bicyclic) bond motifs is 5. The molecule has 33 heavy (non-hydrogen) atoms. The molecule has 1 saturated heterocycles. The van der Waals surface area contributed by atoms with E-state index in [4.69, 9.17) is 4.74 Å². The lowest BCUT2D eigenvalue weighted by Crippen LogP contribution is -2.67. The molecule has 6 aliphatic rings. The first-order valence-corrected chi connectivity index (χ1v) is 13.8. The summed E-state index contributed by atoms with van der Waals surface area (Å²) in [7, 11) is 0. The van der Waals surface area contributed by atoms with Crippen molar-refractivity contribution in [3.63, 3.8) is 0 Å². The van der Waals surface area contributed by atoms with Gasteiger partial charge in [-0.1, -0.05) is 48.5 Å². The van der Waals surface area contributed by atoms with Gasteiger partial charge in [-0.05, 0) is 108 Å². The van der Waals surface area contributed by atoms with Crippen LogP contribution in [-0.4, -0.2) is 23.6 Å². The Morgan fingerprint density at radius 2 is 1.55 bits per heavy atom. The average Bonchev–Trinajstić information content (AvgIpc) is 3.06. The van der Waals surface area contributed by atoms with Crippen molar-refractivity contribution in [1.82, 2.24) is 0 Å². The van der Waals surface area contributed by atoms with E-state index < -0.39 is 5.41 Å². The molecule has 3 heteroatoms. The molecular weight excluding hydrogens is 408 g/mol. The number of aliphatic hydroxyl groups excluding tert-OH is 1. The molecule has 9 atom stereocenters. The molecule has 0 amide bonds. The Morgan fingerprint density at radius 3 is 2.27 bits per heavy atom. The number of rotatable bonds is 0. The maximum Gasteiger partial charge on any atom is 0.202 e. The first kappa shape index (κ1) is 22.6. The minimum atomic E-state index is -0.483. The molecule has 5 fully saturated rings. The van der Waals surface area contributed by atoms with Crippen molar-refractivity contribution in [2.75, 3.05) is 6.61 Å². The van der Waals surface area contributed by atoms with Crippen LogP contribution >= 0.6 is 0 Å². The number of carbonyl (C=O) groups excluding carboxylic acids is 1. The van der Waals surface area contributed by atoms with E-state index in [2.05, 4.69) is 48.5 Å². The maximum absolute atomic E-state index is 12.9. The summed E-state index contributed by atoms with van der Waals surface area (Å²) in [6.07, 6.45) is 12.5. The lowest BCUT2D eigenvalue weighted by molar-refractivity contribution is -0.227. The number of ketones is 1. The van der Waals surface area contributed by atoms with Gasteiger partial charge < -0.3 is 9.84 Å². The van der Waals surface area contributed by atoms with Gasteiger partial charge in [0.25, 0.3) is 0 Å². The van der Waals surface area contributed by atoms with Gasteiger partial charge in [0.1, 0.15) is 0 Å². The monoisotopic (exact) mass is 454 g/mol. The molecule has 0 radical (unpaired) electrons. The highest BCUT2D eigenvalue weighted by Crippen LogP contribution is 2.77. The first-order chi connectivity index (χ1) is 15.2. The minimum Gasteiger partial charge on any atom is -0.505 e. The van der Waals surface area contributed by atoms with Crippen LogP contribution in [0.4, 0.5) is 0 Å². The van der Waals surface area contributed by atoms with Gasteiger partial charge >= 0.3 is 0 Å². The van der Waals surface area contributed by atoms with E-state index >= 15 is 0 Å². The predicted octanol–water partition coefficient (Wildman–Crippen LogP) is 7.11. The molecular formula is C30H46O3. The Kier molecular flexibility index (Phi) is 4.31. The van der Waals surface area contributed by atoms with Gasteiger partial charge in [0.2, 0.25) is 5.78 Å². The second kappa shape index (κ2) is 6.29. The highest BCUT2D eigenvalue weighted by atomic mass is 16.5. The van der Waals surface area contributed by atoms with Gasteiger partial charge in [0, 0.05) is 5.41 Å². The van der Waals surface area contributed by atoms with Crippen molar-refractivity contribution in [2.45, 2.75) is 106 Å². The topological polar surface area (TPSA) is 46.5 Å². The SMILES string of the molecule is CC1(C)CCC23CC[C@@]4(C)C(CCC5C6(C)C=C(O)C(=O)C(C)(C)C6CCC54C)C2C1OC3. The Bertz CT molecular complexity index is 931. The third kappa shape index (κ3) is 2.44. The fourth-order valence-corrected chi connectivity index (χ4v) is 11.4. The van der Waals surface area contributed by atoms with E-state index in [9.17, 15) is 9.90 Å². The smallest absolute Gasteiger partial charge is 0.202 e. The molecule has 4 saturated carbocycles. The molecule has 1 N–H and O–H groups in total. The lowest BCUT2D eigenvalue weighted by Gasteiger charge is -2.72. The van der Waals surface area contributed by atoms with Crippen molar-refractivity contribution in [2.24, 2.45) is 56.2 Å². The Balaban J connectivity index is 1.43. The number of ether oxygens (including phenoxy) is 1. The molecule has 5 aliphatic carbocycles. The maximum atomic E-state index is 12.9. The average molecular weight is 455 g/mol. The fourth-order valence-electron chi connectivity index (χ4n) is 11.4. The molecule has 2 bridgehead atoms. The first-order valence-electron chi connectivity index (χ1n) is 13.8. The normalized spacial score (nSPS) is 56.2. The van der Waals surface area contributed by atoms with Crippen LogP contribution in [0.3, 0.4) is 0 Å². The van der Waals surface area contributed by atoms with Gasteiger partial charge in [-0.15, -0.1) is 0 Å². The zero-order valence-electron chi connectivity index (χ0n) is 22.1. The third-order valence-corrected chi connectivity index (χ3v) is 13.4. The van der Waals surface area contributed by atoms with Gasteiger partial charge in [-0.3, -0.25) is 4.79 Å². The number of hydrogen-bond donors (Lipinski definition) is 1. The van der Waals surface area contributed by atoms with E-state index in [0.29, 0.717) is 34.7 Å². The van der Waals surface area contributed by atoms with E-state index in [1.54, 1.807) is 0 Å². The Labute approximate surface area is 201 Å². The summed E-state index contributed by atoms with van der Waals surface area (Å²) in [6.45, 7) is 17.7. The summed E-state index contributed by atoms with van der Waals surface area (Å²) in [5.74, 6) is 2.25. The number of allylic oxidation sites excluding steroid dienone is 2. The largest absolute Gasteiger partial charge is 0.505 e. The van der Waals surface area contributed by atoms with E-state index in [1.807, 2.05) is 6.08 Å². The van der Waals surface area contributed by atoms with Gasteiger partial charge in [-0.25, -0.2) is 0 Å². The van der Waals surface area contributed by atoms with Gasteiger partial charge in [-0.2, -0.15) is 0 Å². The van der Waals surface area contributed by atoms with Crippen LogP contribution in [-0.2, 0) is 9.53 Å². The van der Waals surface area contributed by atoms with Crippen LogP contribution in [0.2, 0.25) is 0 Å².